The summed E-state index contributed by atoms with van der Waals surface area (Å²) in [7, 11) is 0. The van der Waals surface area contributed by atoms with E-state index in [1.165, 1.54) is 0 Å². The normalized spacial score (nSPS) is 14.3. The smallest absolute Gasteiger partial charge is 0.237 e. The number of carbonyl (C=O) groups excluding carboxylic acids is 1. The summed E-state index contributed by atoms with van der Waals surface area (Å²) in [4.78, 5) is 28.4. The Labute approximate surface area is 124 Å². The van der Waals surface area contributed by atoms with E-state index in [2.05, 4.69) is 25.2 Å². The van der Waals surface area contributed by atoms with Crippen LogP contribution in [-0.4, -0.2) is 53.6 Å². The maximum atomic E-state index is 11.2. The summed E-state index contributed by atoms with van der Waals surface area (Å²) >= 11 is 0. The summed E-state index contributed by atoms with van der Waals surface area (Å²) in [5, 5.41) is 3.11. The molecule has 1 aromatic rings. The summed E-state index contributed by atoms with van der Waals surface area (Å²) in [6.07, 6.45) is 2.30. The van der Waals surface area contributed by atoms with Gasteiger partial charge in [-0.15, -0.1) is 0 Å². The highest BCUT2D eigenvalue weighted by Crippen LogP contribution is 2.20. The van der Waals surface area contributed by atoms with Gasteiger partial charge in [0.15, 0.2) is 0 Å². The molecule has 0 aromatic carbocycles. The van der Waals surface area contributed by atoms with Gasteiger partial charge in [-0.1, -0.05) is 0 Å². The molecule has 2 rings (SSSR count). The van der Waals surface area contributed by atoms with Crippen LogP contribution in [-0.2, 0) is 4.79 Å². The molecule has 0 radical (unpaired) electrons. The number of rotatable bonds is 7. The van der Waals surface area contributed by atoms with Crippen LogP contribution in [0.15, 0.2) is 0 Å². The van der Waals surface area contributed by atoms with Gasteiger partial charge in [0, 0.05) is 26.2 Å². The molecule has 0 bridgehead atoms. The zero-order valence-corrected chi connectivity index (χ0v) is 12.7. The van der Waals surface area contributed by atoms with Gasteiger partial charge in [0.1, 0.15) is 0 Å². The van der Waals surface area contributed by atoms with E-state index in [9.17, 15) is 4.79 Å². The van der Waals surface area contributed by atoms with Gasteiger partial charge in [-0.25, -0.2) is 0 Å². The molecule has 1 saturated heterocycles. The molecule has 1 aliphatic rings. The molecular weight excluding hydrogens is 270 g/mol. The molecule has 0 saturated carbocycles. The SMILES string of the molecule is CCNc1nc(N2CCCC2)nc(N(CC)CC(N)=O)n1. The number of nitrogens with one attached hydrogen (secondary N) is 1. The molecule has 0 aliphatic carbocycles. The van der Waals surface area contributed by atoms with Crippen molar-refractivity contribution in [3.8, 4) is 0 Å². The first-order chi connectivity index (χ1) is 10.1. The first kappa shape index (κ1) is 15.3. The van der Waals surface area contributed by atoms with Crippen molar-refractivity contribution in [3.63, 3.8) is 0 Å². The van der Waals surface area contributed by atoms with Gasteiger partial charge < -0.3 is 20.9 Å². The van der Waals surface area contributed by atoms with E-state index in [4.69, 9.17) is 5.73 Å². The van der Waals surface area contributed by atoms with Crippen LogP contribution in [0.3, 0.4) is 0 Å². The highest BCUT2D eigenvalue weighted by molar-refractivity contribution is 5.78. The Morgan fingerprint density at radius 2 is 2.00 bits per heavy atom. The largest absolute Gasteiger partial charge is 0.368 e. The summed E-state index contributed by atoms with van der Waals surface area (Å²) in [5.41, 5.74) is 5.29. The van der Waals surface area contributed by atoms with Crippen LogP contribution in [0.4, 0.5) is 17.8 Å². The topological polar surface area (TPSA) is 100 Å². The summed E-state index contributed by atoms with van der Waals surface area (Å²) < 4.78 is 0. The van der Waals surface area contributed by atoms with Crippen molar-refractivity contribution in [3.05, 3.63) is 0 Å². The molecular formula is C13H23N7O. The molecule has 0 unspecified atom stereocenters. The maximum absolute atomic E-state index is 11.2. The molecule has 1 amide bonds. The Kier molecular flexibility index (Phi) is 5.13. The maximum Gasteiger partial charge on any atom is 0.237 e. The van der Waals surface area contributed by atoms with Gasteiger partial charge >= 0.3 is 0 Å². The number of primary amides is 1. The number of nitrogens with two attached hydrogens (primary N) is 1. The van der Waals surface area contributed by atoms with E-state index < -0.39 is 5.91 Å². The summed E-state index contributed by atoms with van der Waals surface area (Å²) in [6.45, 7) is 7.28. The van der Waals surface area contributed by atoms with Crippen LogP contribution in [0.25, 0.3) is 0 Å². The molecule has 8 heteroatoms. The molecule has 2 heterocycles. The van der Waals surface area contributed by atoms with E-state index in [0.717, 1.165) is 32.5 Å². The first-order valence-corrected chi connectivity index (χ1v) is 7.42. The second-order valence-corrected chi connectivity index (χ2v) is 4.96. The van der Waals surface area contributed by atoms with Gasteiger partial charge in [0.2, 0.25) is 23.8 Å². The van der Waals surface area contributed by atoms with Crippen molar-refractivity contribution >= 4 is 23.8 Å². The monoisotopic (exact) mass is 293 g/mol. The Morgan fingerprint density at radius 1 is 1.29 bits per heavy atom. The van der Waals surface area contributed by atoms with Gasteiger partial charge in [0.25, 0.3) is 0 Å². The number of aromatic nitrogens is 3. The highest BCUT2D eigenvalue weighted by Gasteiger charge is 2.19. The molecule has 1 fully saturated rings. The zero-order valence-electron chi connectivity index (χ0n) is 12.7. The number of carbonyl (C=O) groups is 1. The van der Waals surface area contributed by atoms with Gasteiger partial charge in [-0.2, -0.15) is 15.0 Å². The lowest BCUT2D eigenvalue weighted by atomic mass is 10.4. The van der Waals surface area contributed by atoms with E-state index >= 15 is 0 Å². The zero-order chi connectivity index (χ0) is 15.2. The molecule has 3 N–H and O–H groups in total. The third kappa shape index (κ3) is 3.93. The van der Waals surface area contributed by atoms with E-state index in [1.54, 1.807) is 4.90 Å². The minimum Gasteiger partial charge on any atom is -0.368 e. The molecule has 8 nitrogen and oxygen atoms in total. The lowest BCUT2D eigenvalue weighted by Gasteiger charge is -2.22. The quantitative estimate of drug-likeness (QED) is 0.741. The first-order valence-electron chi connectivity index (χ1n) is 7.42. The molecule has 0 atom stereocenters. The lowest BCUT2D eigenvalue weighted by molar-refractivity contribution is -0.116. The fourth-order valence-electron chi connectivity index (χ4n) is 2.30. The molecule has 1 aliphatic heterocycles. The molecule has 1 aromatic heterocycles. The number of hydrogen-bond acceptors (Lipinski definition) is 7. The third-order valence-electron chi connectivity index (χ3n) is 3.35. The van der Waals surface area contributed by atoms with E-state index in [-0.39, 0.29) is 6.54 Å². The van der Waals surface area contributed by atoms with E-state index in [1.807, 2.05) is 13.8 Å². The Balaban J connectivity index is 2.31. The van der Waals surface area contributed by atoms with E-state index in [0.29, 0.717) is 24.4 Å². The van der Waals surface area contributed by atoms with Crippen molar-refractivity contribution in [2.75, 3.05) is 47.8 Å². The van der Waals surface area contributed by atoms with Crippen LogP contribution in [0.2, 0.25) is 0 Å². The highest BCUT2D eigenvalue weighted by atomic mass is 16.1. The predicted molar refractivity (Wildman–Crippen MR) is 82.5 cm³/mol. The average Bonchev–Trinajstić information content (AvgIpc) is 2.98. The Bertz CT molecular complexity index is 487. The number of likely N-dealkylation sites (N-methyl/N-ethyl adjacent to an activating group) is 1. The van der Waals surface area contributed by atoms with Crippen LogP contribution in [0, 0.1) is 0 Å². The van der Waals surface area contributed by atoms with Crippen molar-refractivity contribution in [1.82, 2.24) is 15.0 Å². The van der Waals surface area contributed by atoms with Crippen LogP contribution in [0.5, 0.6) is 0 Å². The fourth-order valence-corrected chi connectivity index (χ4v) is 2.30. The Hall–Kier alpha value is -2.12. The second kappa shape index (κ2) is 7.05. The van der Waals surface area contributed by atoms with Crippen LogP contribution < -0.4 is 20.9 Å². The lowest BCUT2D eigenvalue weighted by Crippen LogP contribution is -2.35. The average molecular weight is 293 g/mol. The van der Waals surface area contributed by atoms with Crippen LogP contribution >= 0.6 is 0 Å². The molecule has 116 valence electrons. The summed E-state index contributed by atoms with van der Waals surface area (Å²) in [6, 6.07) is 0. The van der Waals surface area contributed by atoms with Crippen LogP contribution in [0.1, 0.15) is 26.7 Å². The number of amides is 1. The fraction of sp³-hybridized carbons (Fsp3) is 0.692. The van der Waals surface area contributed by atoms with Gasteiger partial charge in [0.05, 0.1) is 6.54 Å². The number of nitrogens with zero attached hydrogens (tertiary/aromatic N) is 5. The summed E-state index contributed by atoms with van der Waals surface area (Å²) in [5.74, 6) is 1.29. The third-order valence-corrected chi connectivity index (χ3v) is 3.35. The van der Waals surface area contributed by atoms with Crippen molar-refractivity contribution in [2.24, 2.45) is 5.73 Å². The minimum absolute atomic E-state index is 0.103. The molecule has 21 heavy (non-hydrogen) atoms. The van der Waals surface area contributed by atoms with Crippen molar-refractivity contribution in [1.29, 1.82) is 0 Å². The van der Waals surface area contributed by atoms with Crippen molar-refractivity contribution < 1.29 is 4.79 Å². The Morgan fingerprint density at radius 3 is 2.57 bits per heavy atom. The van der Waals surface area contributed by atoms with Gasteiger partial charge in [-0.3, -0.25) is 4.79 Å². The predicted octanol–water partition coefficient (Wildman–Crippen LogP) is 0.215. The van der Waals surface area contributed by atoms with Gasteiger partial charge in [-0.05, 0) is 26.7 Å². The van der Waals surface area contributed by atoms with Crippen molar-refractivity contribution in [2.45, 2.75) is 26.7 Å². The molecule has 0 spiro atoms. The number of hydrogen-bond donors (Lipinski definition) is 2. The minimum atomic E-state index is -0.398. The second-order valence-electron chi connectivity index (χ2n) is 4.96. The number of anilines is 3. The standard InChI is InChI=1S/C13H23N7O/c1-3-15-11-16-12(19(4-2)9-10(14)21)18-13(17-11)20-7-5-6-8-20/h3-9H2,1-2H3,(H2,14,21)(H,15,16,17,18).